The topological polar surface area (TPSA) is 43.4 Å². The lowest BCUT2D eigenvalue weighted by Gasteiger charge is -2.42. The maximum absolute atomic E-state index is 12.8. The lowest BCUT2D eigenvalue weighted by Crippen LogP contribution is -2.44. The van der Waals surface area contributed by atoms with Crippen molar-refractivity contribution in [3.8, 4) is 0 Å². The van der Waals surface area contributed by atoms with E-state index in [1.54, 1.807) is 6.92 Å². The molecule has 3 saturated carbocycles. The first-order valence-electron chi connectivity index (χ1n) is 13.2. The SMILES string of the molecule is CCCCCC1CCC(C2CCC([C@@H]3CC[C@](C)(C(=O)OCC)C(=O)C3)CC2)CC1. The van der Waals surface area contributed by atoms with Crippen LogP contribution < -0.4 is 0 Å². The number of Topliss-reactive ketones (excluding diaryl/α,β-unsaturated/α-hetero) is 1. The van der Waals surface area contributed by atoms with Crippen LogP contribution in [0.25, 0.3) is 0 Å². The Labute approximate surface area is 185 Å². The molecule has 3 aliphatic carbocycles. The second-order valence-corrected chi connectivity index (χ2v) is 10.9. The summed E-state index contributed by atoms with van der Waals surface area (Å²) in [5, 5.41) is 0. The Balaban J connectivity index is 1.40. The molecule has 0 amide bonds. The van der Waals surface area contributed by atoms with Gasteiger partial charge in [0.05, 0.1) is 6.61 Å². The van der Waals surface area contributed by atoms with Crippen molar-refractivity contribution in [3.05, 3.63) is 0 Å². The molecule has 0 heterocycles. The Morgan fingerprint density at radius 1 is 0.867 bits per heavy atom. The van der Waals surface area contributed by atoms with E-state index < -0.39 is 5.41 Å². The summed E-state index contributed by atoms with van der Waals surface area (Å²) in [5.74, 6) is 3.92. The normalized spacial score (nSPS) is 37.7. The van der Waals surface area contributed by atoms with Gasteiger partial charge in [0.2, 0.25) is 0 Å². The zero-order chi connectivity index (χ0) is 21.6. The van der Waals surface area contributed by atoms with Gasteiger partial charge < -0.3 is 4.74 Å². The van der Waals surface area contributed by atoms with Gasteiger partial charge >= 0.3 is 5.97 Å². The van der Waals surface area contributed by atoms with Crippen molar-refractivity contribution < 1.29 is 14.3 Å². The van der Waals surface area contributed by atoms with E-state index in [9.17, 15) is 9.59 Å². The molecule has 0 aliphatic heterocycles. The maximum atomic E-state index is 12.8. The van der Waals surface area contributed by atoms with Gasteiger partial charge in [0, 0.05) is 6.42 Å². The minimum Gasteiger partial charge on any atom is -0.465 e. The van der Waals surface area contributed by atoms with Crippen LogP contribution in [0, 0.1) is 35.0 Å². The summed E-state index contributed by atoms with van der Waals surface area (Å²) in [6, 6.07) is 0. The van der Waals surface area contributed by atoms with Crippen molar-refractivity contribution in [3.63, 3.8) is 0 Å². The number of carbonyl (C=O) groups is 2. The number of ether oxygens (including phenoxy) is 1. The highest BCUT2D eigenvalue weighted by Crippen LogP contribution is 2.47. The Kier molecular flexibility index (Phi) is 8.83. The van der Waals surface area contributed by atoms with Crippen LogP contribution >= 0.6 is 0 Å². The number of unbranched alkanes of at least 4 members (excludes halogenated alkanes) is 2. The summed E-state index contributed by atoms with van der Waals surface area (Å²) in [6.45, 7) is 6.28. The highest BCUT2D eigenvalue weighted by Gasteiger charge is 2.47. The number of esters is 1. The van der Waals surface area contributed by atoms with E-state index in [0.29, 0.717) is 31.3 Å². The zero-order valence-electron chi connectivity index (χ0n) is 19.9. The summed E-state index contributed by atoms with van der Waals surface area (Å²) < 4.78 is 5.19. The Hall–Kier alpha value is -0.860. The summed E-state index contributed by atoms with van der Waals surface area (Å²) in [6.07, 6.45) is 19.1. The molecule has 0 bridgehead atoms. The van der Waals surface area contributed by atoms with Crippen molar-refractivity contribution in [1.82, 2.24) is 0 Å². The van der Waals surface area contributed by atoms with Gasteiger partial charge in [-0.15, -0.1) is 0 Å². The van der Waals surface area contributed by atoms with E-state index in [4.69, 9.17) is 4.74 Å². The molecule has 3 heteroatoms. The monoisotopic (exact) mass is 418 g/mol. The third-order valence-electron chi connectivity index (χ3n) is 9.06. The number of carbonyl (C=O) groups excluding carboxylic acids is 2. The maximum Gasteiger partial charge on any atom is 0.319 e. The van der Waals surface area contributed by atoms with Crippen molar-refractivity contribution in [1.29, 1.82) is 0 Å². The van der Waals surface area contributed by atoms with Crippen molar-refractivity contribution in [2.75, 3.05) is 6.61 Å². The Morgan fingerprint density at radius 3 is 1.97 bits per heavy atom. The van der Waals surface area contributed by atoms with Gasteiger partial charge in [-0.2, -0.15) is 0 Å². The number of rotatable bonds is 8. The van der Waals surface area contributed by atoms with Crippen molar-refractivity contribution in [2.24, 2.45) is 35.0 Å². The van der Waals surface area contributed by atoms with Gasteiger partial charge in [-0.25, -0.2) is 0 Å². The van der Waals surface area contributed by atoms with E-state index in [0.717, 1.165) is 24.2 Å². The molecule has 172 valence electrons. The molecule has 2 atom stereocenters. The Bertz CT molecular complexity index is 554. The summed E-state index contributed by atoms with van der Waals surface area (Å²) in [7, 11) is 0. The van der Waals surface area contributed by atoms with Gasteiger partial charge in [0.15, 0.2) is 0 Å². The van der Waals surface area contributed by atoms with E-state index in [-0.39, 0.29) is 11.8 Å². The minimum absolute atomic E-state index is 0.126. The third kappa shape index (κ3) is 5.68. The second-order valence-electron chi connectivity index (χ2n) is 10.9. The summed E-state index contributed by atoms with van der Waals surface area (Å²) in [5.41, 5.74) is -0.889. The molecule has 3 aliphatic rings. The van der Waals surface area contributed by atoms with Gasteiger partial charge in [0.25, 0.3) is 0 Å². The fourth-order valence-corrected chi connectivity index (χ4v) is 6.81. The first-order valence-corrected chi connectivity index (χ1v) is 13.2. The van der Waals surface area contributed by atoms with Crippen LogP contribution in [0.5, 0.6) is 0 Å². The number of hydrogen-bond donors (Lipinski definition) is 0. The quantitative estimate of drug-likeness (QED) is 0.239. The summed E-state index contributed by atoms with van der Waals surface area (Å²) in [4.78, 5) is 25.1. The zero-order valence-corrected chi connectivity index (χ0v) is 19.9. The van der Waals surface area contributed by atoms with Crippen LogP contribution in [0.2, 0.25) is 0 Å². The van der Waals surface area contributed by atoms with E-state index in [1.807, 2.05) is 6.92 Å². The Morgan fingerprint density at radius 2 is 1.43 bits per heavy atom. The molecule has 0 aromatic carbocycles. The molecule has 3 rings (SSSR count). The first kappa shape index (κ1) is 23.8. The molecular formula is C27H46O3. The van der Waals surface area contributed by atoms with Gasteiger partial charge in [-0.1, -0.05) is 45.4 Å². The van der Waals surface area contributed by atoms with Crippen LogP contribution in [0.15, 0.2) is 0 Å². The van der Waals surface area contributed by atoms with Crippen LogP contribution in [0.3, 0.4) is 0 Å². The van der Waals surface area contributed by atoms with Crippen LogP contribution in [-0.2, 0) is 14.3 Å². The molecule has 0 aromatic rings. The minimum atomic E-state index is -0.889. The summed E-state index contributed by atoms with van der Waals surface area (Å²) >= 11 is 0. The lowest BCUT2D eigenvalue weighted by molar-refractivity contribution is -0.162. The average Bonchev–Trinajstić information content (AvgIpc) is 2.77. The van der Waals surface area contributed by atoms with Gasteiger partial charge in [0.1, 0.15) is 11.2 Å². The number of hydrogen-bond acceptors (Lipinski definition) is 3. The van der Waals surface area contributed by atoms with Crippen LogP contribution in [0.1, 0.15) is 117 Å². The molecule has 30 heavy (non-hydrogen) atoms. The first-order chi connectivity index (χ1) is 14.5. The van der Waals surface area contributed by atoms with Crippen LogP contribution in [-0.4, -0.2) is 18.4 Å². The van der Waals surface area contributed by atoms with Crippen molar-refractivity contribution >= 4 is 11.8 Å². The highest BCUT2D eigenvalue weighted by atomic mass is 16.5. The molecule has 3 fully saturated rings. The van der Waals surface area contributed by atoms with Crippen LogP contribution in [0.4, 0.5) is 0 Å². The molecule has 3 nitrogen and oxygen atoms in total. The fraction of sp³-hybridized carbons (Fsp3) is 0.926. The molecular weight excluding hydrogens is 372 g/mol. The van der Waals surface area contributed by atoms with E-state index in [2.05, 4.69) is 6.92 Å². The number of ketones is 1. The van der Waals surface area contributed by atoms with E-state index in [1.165, 1.54) is 77.0 Å². The molecule has 0 radical (unpaired) electrons. The molecule has 0 N–H and O–H groups in total. The molecule has 0 saturated heterocycles. The van der Waals surface area contributed by atoms with Gasteiger partial charge in [-0.05, 0) is 94.8 Å². The predicted octanol–water partition coefficient (Wildman–Crippen LogP) is 7.12. The lowest BCUT2D eigenvalue weighted by atomic mass is 9.62. The highest BCUT2D eigenvalue weighted by molar-refractivity contribution is 6.03. The standard InChI is InChI=1S/C27H46O3/c1-4-6-7-8-20-9-11-21(12-10-20)22-13-15-23(16-14-22)24-17-18-27(3,25(28)19-24)26(29)30-5-2/h20-24H,4-19H2,1-3H3/t20?,21?,22?,23?,24-,27+/m1/s1. The molecule has 0 unspecified atom stereocenters. The fourth-order valence-electron chi connectivity index (χ4n) is 6.81. The molecule has 0 aromatic heterocycles. The average molecular weight is 419 g/mol. The molecule has 0 spiro atoms. The largest absolute Gasteiger partial charge is 0.465 e. The van der Waals surface area contributed by atoms with E-state index >= 15 is 0 Å². The predicted molar refractivity (Wildman–Crippen MR) is 122 cm³/mol. The third-order valence-corrected chi connectivity index (χ3v) is 9.06. The smallest absolute Gasteiger partial charge is 0.319 e. The van der Waals surface area contributed by atoms with Gasteiger partial charge in [-0.3, -0.25) is 9.59 Å². The second kappa shape index (κ2) is 11.1. The van der Waals surface area contributed by atoms with Crippen molar-refractivity contribution in [2.45, 2.75) is 117 Å².